The Kier molecular flexibility index (Phi) is 4.18. The molecule has 1 aliphatic rings. The number of amides is 1. The lowest BCUT2D eigenvalue weighted by molar-refractivity contribution is 0.0862. The summed E-state index contributed by atoms with van der Waals surface area (Å²) in [7, 11) is 0. The number of rotatable bonds is 3. The van der Waals surface area contributed by atoms with Crippen LogP contribution in [0.5, 0.6) is 0 Å². The van der Waals surface area contributed by atoms with Crippen LogP contribution >= 0.6 is 23.6 Å². The predicted octanol–water partition coefficient (Wildman–Crippen LogP) is 2.79. The van der Waals surface area contributed by atoms with Crippen molar-refractivity contribution >= 4 is 46.0 Å². The maximum Gasteiger partial charge on any atom is 0.265 e. The van der Waals surface area contributed by atoms with E-state index in [4.69, 9.17) is 17.0 Å². The Balaban J connectivity index is 1.79. The van der Waals surface area contributed by atoms with E-state index in [1.807, 2.05) is 25.1 Å². The molecule has 1 aromatic carbocycles. The third-order valence-corrected chi connectivity index (χ3v) is 5.77. The van der Waals surface area contributed by atoms with Crippen molar-refractivity contribution in [2.45, 2.75) is 25.9 Å². The molecule has 0 aliphatic carbocycles. The van der Waals surface area contributed by atoms with Gasteiger partial charge in [0, 0.05) is 13.2 Å². The third kappa shape index (κ3) is 2.90. The normalized spacial score (nSPS) is 17.4. The molecule has 3 aromatic rings. The molecule has 4 rings (SSSR count). The molecule has 1 saturated heterocycles. The second-order valence-corrected chi connectivity index (χ2v) is 7.85. The lowest BCUT2D eigenvalue weighted by Crippen LogP contribution is -2.31. The lowest BCUT2D eigenvalue weighted by atomic mass is 10.1. The molecule has 2 aromatic heterocycles. The van der Waals surface area contributed by atoms with E-state index < -0.39 is 0 Å². The van der Waals surface area contributed by atoms with Gasteiger partial charge in [-0.3, -0.25) is 14.0 Å². The molecule has 1 unspecified atom stereocenters. The fourth-order valence-corrected chi connectivity index (χ4v) is 4.45. The SMILES string of the molecule is Cc1ccc2c(c1)c(=O)[nH]c1c(C(=O)NCC3CCCO3)sc(=S)n12. The number of aromatic amines is 1. The van der Waals surface area contributed by atoms with E-state index in [9.17, 15) is 9.59 Å². The quantitative estimate of drug-likeness (QED) is 0.690. The number of carbonyl (C=O) groups is 1. The molecule has 1 atom stereocenters. The molecular weight excluding hydrogens is 358 g/mol. The number of nitrogens with one attached hydrogen (secondary N) is 2. The third-order valence-electron chi connectivity index (χ3n) is 4.40. The first-order valence-electron chi connectivity index (χ1n) is 8.12. The molecule has 25 heavy (non-hydrogen) atoms. The number of nitrogens with zero attached hydrogens (tertiary/aromatic N) is 1. The van der Waals surface area contributed by atoms with Crippen molar-refractivity contribution in [1.82, 2.24) is 14.7 Å². The van der Waals surface area contributed by atoms with Gasteiger partial charge >= 0.3 is 0 Å². The highest BCUT2D eigenvalue weighted by Crippen LogP contribution is 2.23. The first kappa shape index (κ1) is 16.4. The number of aryl methyl sites for hydroxylation is 1. The van der Waals surface area contributed by atoms with Gasteiger partial charge < -0.3 is 15.0 Å². The summed E-state index contributed by atoms with van der Waals surface area (Å²) >= 11 is 6.64. The van der Waals surface area contributed by atoms with Crippen molar-refractivity contribution in [2.24, 2.45) is 0 Å². The fourth-order valence-electron chi connectivity index (χ4n) is 3.15. The second kappa shape index (κ2) is 6.36. The Bertz CT molecular complexity index is 1090. The number of thiazole rings is 1. The minimum Gasteiger partial charge on any atom is -0.376 e. The first-order chi connectivity index (χ1) is 12.0. The van der Waals surface area contributed by atoms with Gasteiger partial charge in [-0.15, -0.1) is 0 Å². The van der Waals surface area contributed by atoms with Crippen LogP contribution in [0.3, 0.4) is 0 Å². The smallest absolute Gasteiger partial charge is 0.265 e. The summed E-state index contributed by atoms with van der Waals surface area (Å²) < 4.78 is 7.82. The van der Waals surface area contributed by atoms with E-state index >= 15 is 0 Å². The van der Waals surface area contributed by atoms with Gasteiger partial charge in [0.25, 0.3) is 11.5 Å². The fraction of sp³-hybridized carbons (Fsp3) is 0.353. The predicted molar refractivity (Wildman–Crippen MR) is 100 cm³/mol. The van der Waals surface area contributed by atoms with Crippen molar-refractivity contribution in [3.8, 4) is 0 Å². The molecule has 0 spiro atoms. The number of benzene rings is 1. The maximum absolute atomic E-state index is 12.6. The summed E-state index contributed by atoms with van der Waals surface area (Å²) in [6.07, 6.45) is 2.04. The molecule has 1 aliphatic heterocycles. The highest BCUT2D eigenvalue weighted by Gasteiger charge is 2.20. The van der Waals surface area contributed by atoms with Crippen LogP contribution in [0.15, 0.2) is 23.0 Å². The Morgan fingerprint density at radius 3 is 3.12 bits per heavy atom. The van der Waals surface area contributed by atoms with Crippen molar-refractivity contribution in [2.75, 3.05) is 13.2 Å². The molecule has 130 valence electrons. The lowest BCUT2D eigenvalue weighted by Gasteiger charge is -2.10. The zero-order valence-electron chi connectivity index (χ0n) is 13.6. The van der Waals surface area contributed by atoms with Crippen LogP contribution in [-0.2, 0) is 4.74 Å². The molecular formula is C17H17N3O3S2. The average molecular weight is 375 g/mol. The topological polar surface area (TPSA) is 75.6 Å². The van der Waals surface area contributed by atoms with Crippen LogP contribution < -0.4 is 10.9 Å². The van der Waals surface area contributed by atoms with E-state index in [-0.39, 0.29) is 17.6 Å². The molecule has 3 heterocycles. The van der Waals surface area contributed by atoms with E-state index in [0.29, 0.717) is 31.9 Å². The summed E-state index contributed by atoms with van der Waals surface area (Å²) in [6.45, 7) is 3.14. The summed E-state index contributed by atoms with van der Waals surface area (Å²) in [5, 5.41) is 3.45. The largest absolute Gasteiger partial charge is 0.376 e. The van der Waals surface area contributed by atoms with E-state index in [1.165, 1.54) is 11.3 Å². The van der Waals surface area contributed by atoms with Crippen LogP contribution in [0.4, 0.5) is 0 Å². The zero-order valence-corrected chi connectivity index (χ0v) is 15.3. The van der Waals surface area contributed by atoms with Gasteiger partial charge in [0.2, 0.25) is 0 Å². The number of hydrogen-bond donors (Lipinski definition) is 2. The summed E-state index contributed by atoms with van der Waals surface area (Å²) in [5.74, 6) is -0.240. The Hall–Kier alpha value is -2.03. The van der Waals surface area contributed by atoms with Crippen LogP contribution in [0.25, 0.3) is 16.6 Å². The van der Waals surface area contributed by atoms with Gasteiger partial charge in [-0.05, 0) is 44.1 Å². The molecule has 0 bridgehead atoms. The zero-order chi connectivity index (χ0) is 17.6. The van der Waals surface area contributed by atoms with E-state index in [0.717, 1.165) is 25.0 Å². The minimum atomic E-state index is -0.240. The van der Waals surface area contributed by atoms with Gasteiger partial charge in [-0.1, -0.05) is 23.0 Å². The number of H-pyrrole nitrogens is 1. The summed E-state index contributed by atoms with van der Waals surface area (Å²) in [4.78, 5) is 28.3. The average Bonchev–Trinajstić information content (AvgIpc) is 3.21. The molecule has 0 saturated carbocycles. The number of aromatic nitrogens is 2. The van der Waals surface area contributed by atoms with E-state index in [1.54, 1.807) is 4.40 Å². The second-order valence-electron chi connectivity index (χ2n) is 6.20. The van der Waals surface area contributed by atoms with Crippen molar-refractivity contribution in [3.05, 3.63) is 42.9 Å². The Morgan fingerprint density at radius 1 is 1.52 bits per heavy atom. The standard InChI is InChI=1S/C17H17N3O3S2/c1-9-4-5-12-11(7-9)15(21)19-14-13(25-17(24)20(12)14)16(22)18-8-10-3-2-6-23-10/h4-5,7,10H,2-3,6,8H2,1H3,(H,18,22)(H,19,21). The number of hydrogen-bond acceptors (Lipinski definition) is 5. The van der Waals surface area contributed by atoms with Gasteiger partial charge in [-0.2, -0.15) is 0 Å². The van der Waals surface area contributed by atoms with Gasteiger partial charge in [0.15, 0.2) is 3.95 Å². The van der Waals surface area contributed by atoms with Crippen LogP contribution in [0, 0.1) is 10.9 Å². The number of fused-ring (bicyclic) bond motifs is 3. The van der Waals surface area contributed by atoms with Crippen LogP contribution in [-0.4, -0.2) is 34.5 Å². The molecule has 1 amide bonds. The van der Waals surface area contributed by atoms with Crippen molar-refractivity contribution in [1.29, 1.82) is 0 Å². The molecule has 8 heteroatoms. The number of carbonyl (C=O) groups excluding carboxylic acids is 1. The summed E-state index contributed by atoms with van der Waals surface area (Å²) in [6, 6.07) is 5.62. The van der Waals surface area contributed by atoms with Gasteiger partial charge in [0.1, 0.15) is 10.5 Å². The molecule has 1 fully saturated rings. The first-order valence-corrected chi connectivity index (χ1v) is 9.35. The van der Waals surface area contributed by atoms with Crippen molar-refractivity contribution in [3.63, 3.8) is 0 Å². The van der Waals surface area contributed by atoms with Gasteiger partial charge in [0.05, 0.1) is 17.0 Å². The molecule has 0 radical (unpaired) electrons. The highest BCUT2D eigenvalue weighted by molar-refractivity contribution is 7.73. The highest BCUT2D eigenvalue weighted by atomic mass is 32.1. The summed E-state index contributed by atoms with van der Waals surface area (Å²) in [5.41, 5.74) is 1.93. The molecule has 2 N–H and O–H groups in total. The molecule has 6 nitrogen and oxygen atoms in total. The van der Waals surface area contributed by atoms with Crippen molar-refractivity contribution < 1.29 is 9.53 Å². The number of ether oxygens (including phenoxy) is 1. The van der Waals surface area contributed by atoms with E-state index in [2.05, 4.69) is 10.3 Å². The maximum atomic E-state index is 12.6. The Labute approximate surface area is 152 Å². The van der Waals surface area contributed by atoms with Crippen LogP contribution in [0.2, 0.25) is 0 Å². The monoisotopic (exact) mass is 375 g/mol. The minimum absolute atomic E-state index is 0.0636. The van der Waals surface area contributed by atoms with Gasteiger partial charge in [-0.25, -0.2) is 0 Å². The van der Waals surface area contributed by atoms with Crippen LogP contribution in [0.1, 0.15) is 28.1 Å². The Morgan fingerprint density at radius 2 is 2.36 bits per heavy atom.